The Morgan fingerprint density at radius 2 is 1.96 bits per heavy atom. The first-order chi connectivity index (χ1) is 12.1. The van der Waals surface area contributed by atoms with Crippen LogP contribution in [0.1, 0.15) is 6.92 Å². The number of hydrogen-bond donors (Lipinski definition) is 0. The van der Waals surface area contributed by atoms with E-state index in [2.05, 4.69) is 10.00 Å². The summed E-state index contributed by atoms with van der Waals surface area (Å²) in [5.41, 5.74) is 1.79. The lowest BCUT2D eigenvalue weighted by Crippen LogP contribution is -2.48. The molecule has 2 aromatic rings. The second-order valence-corrected chi connectivity index (χ2v) is 6.56. The molecule has 0 saturated carbocycles. The van der Waals surface area contributed by atoms with Gasteiger partial charge < -0.3 is 9.64 Å². The van der Waals surface area contributed by atoms with E-state index >= 15 is 0 Å². The van der Waals surface area contributed by atoms with Gasteiger partial charge in [0.15, 0.2) is 0 Å². The van der Waals surface area contributed by atoms with Crippen LogP contribution in [-0.4, -0.2) is 64.8 Å². The zero-order valence-corrected chi connectivity index (χ0v) is 15.4. The summed E-state index contributed by atoms with van der Waals surface area (Å²) in [6.45, 7) is 6.40. The second-order valence-electron chi connectivity index (χ2n) is 6.16. The van der Waals surface area contributed by atoms with Crippen LogP contribution in [0.25, 0.3) is 11.3 Å². The Bertz CT molecular complexity index is 719. The minimum absolute atomic E-state index is 0.151. The third-order valence-electron chi connectivity index (χ3n) is 4.52. The van der Waals surface area contributed by atoms with Gasteiger partial charge in [0.2, 0.25) is 5.91 Å². The van der Waals surface area contributed by atoms with Gasteiger partial charge in [-0.2, -0.15) is 5.10 Å². The number of nitrogens with zero attached hydrogens (tertiary/aromatic N) is 4. The van der Waals surface area contributed by atoms with Crippen LogP contribution in [0.3, 0.4) is 0 Å². The number of rotatable bonds is 5. The van der Waals surface area contributed by atoms with E-state index in [1.807, 2.05) is 36.2 Å². The van der Waals surface area contributed by atoms with Crippen LogP contribution in [0.2, 0.25) is 5.02 Å². The quantitative estimate of drug-likeness (QED) is 0.818. The topological polar surface area (TPSA) is 50.6 Å². The summed E-state index contributed by atoms with van der Waals surface area (Å²) in [4.78, 5) is 15.6. The molecule has 1 saturated heterocycles. The lowest BCUT2D eigenvalue weighted by atomic mass is 10.1. The Hall–Kier alpha value is -2.05. The van der Waals surface area contributed by atoms with Crippen molar-refractivity contribution in [3.63, 3.8) is 0 Å². The van der Waals surface area contributed by atoms with E-state index in [0.29, 0.717) is 11.6 Å². The van der Waals surface area contributed by atoms with Crippen molar-refractivity contribution in [2.75, 3.05) is 39.3 Å². The molecule has 0 N–H and O–H groups in total. The second kappa shape index (κ2) is 7.89. The fourth-order valence-corrected chi connectivity index (χ4v) is 3.34. The van der Waals surface area contributed by atoms with Gasteiger partial charge in [-0.1, -0.05) is 23.7 Å². The molecule has 1 fully saturated rings. The Kier molecular flexibility index (Phi) is 5.60. The summed E-state index contributed by atoms with van der Waals surface area (Å²) in [6.07, 6.45) is 1.64. The molecule has 0 unspecified atom stereocenters. The monoisotopic (exact) mass is 362 g/mol. The van der Waals surface area contributed by atoms with E-state index < -0.39 is 0 Å². The number of hydrogen-bond acceptors (Lipinski definition) is 4. The molecule has 0 atom stereocenters. The number of amides is 1. The molecule has 1 aliphatic heterocycles. The summed E-state index contributed by atoms with van der Waals surface area (Å²) in [7, 11) is 1.87. The minimum atomic E-state index is 0.151. The van der Waals surface area contributed by atoms with Crippen molar-refractivity contribution in [3.8, 4) is 17.0 Å². The van der Waals surface area contributed by atoms with E-state index in [1.54, 1.807) is 17.8 Å². The molecule has 2 heterocycles. The van der Waals surface area contributed by atoms with Gasteiger partial charge in [0.05, 0.1) is 16.9 Å². The third kappa shape index (κ3) is 4.14. The van der Waals surface area contributed by atoms with Crippen LogP contribution >= 0.6 is 11.6 Å². The molecule has 1 aromatic heterocycles. The molecule has 6 nitrogen and oxygen atoms in total. The molecule has 1 amide bonds. The molecule has 1 aromatic carbocycles. The number of halogens is 1. The molecular formula is C18H23ClN4O2. The van der Waals surface area contributed by atoms with Crippen molar-refractivity contribution < 1.29 is 9.53 Å². The predicted molar refractivity (Wildman–Crippen MR) is 97.8 cm³/mol. The fraction of sp³-hybridized carbons (Fsp3) is 0.444. The number of para-hydroxylation sites is 1. The van der Waals surface area contributed by atoms with Gasteiger partial charge in [-0.15, -0.1) is 0 Å². The summed E-state index contributed by atoms with van der Waals surface area (Å²) >= 11 is 6.27. The molecule has 0 spiro atoms. The molecule has 0 radical (unpaired) electrons. The van der Waals surface area contributed by atoms with Gasteiger partial charge in [-0.05, 0) is 12.1 Å². The highest BCUT2D eigenvalue weighted by atomic mass is 35.5. The number of ether oxygens (including phenoxy) is 1. The fourth-order valence-electron chi connectivity index (χ4n) is 3.07. The maximum Gasteiger partial charge on any atom is 0.219 e. The van der Waals surface area contributed by atoms with Crippen LogP contribution < -0.4 is 4.74 Å². The lowest BCUT2D eigenvalue weighted by Gasteiger charge is -2.34. The molecule has 134 valence electrons. The van der Waals surface area contributed by atoms with Crippen molar-refractivity contribution in [1.82, 2.24) is 19.6 Å². The molecule has 25 heavy (non-hydrogen) atoms. The van der Waals surface area contributed by atoms with Gasteiger partial charge >= 0.3 is 0 Å². The molecule has 3 rings (SSSR count). The first-order valence-corrected chi connectivity index (χ1v) is 8.81. The Morgan fingerprint density at radius 1 is 1.24 bits per heavy atom. The van der Waals surface area contributed by atoms with Gasteiger partial charge in [-0.3, -0.25) is 14.4 Å². The molecule has 0 bridgehead atoms. The highest BCUT2D eigenvalue weighted by molar-refractivity contribution is 6.33. The Labute approximate surface area is 152 Å². The van der Waals surface area contributed by atoms with E-state index in [1.165, 1.54) is 0 Å². The SMILES string of the molecule is CC(=O)N1CCN(CCOc2ccccc2-c2c(Cl)cnn2C)CC1. The molecular weight excluding hydrogens is 340 g/mol. The maximum absolute atomic E-state index is 11.4. The molecule has 7 heteroatoms. The standard InChI is InChI=1S/C18H23ClN4O2/c1-14(24)23-9-7-22(8-10-23)11-12-25-17-6-4-3-5-15(17)18-16(19)13-20-21(18)2/h3-6,13H,7-12H2,1-2H3. The maximum atomic E-state index is 11.4. The summed E-state index contributed by atoms with van der Waals surface area (Å²) in [5.74, 6) is 0.952. The number of benzene rings is 1. The van der Waals surface area contributed by atoms with E-state index in [-0.39, 0.29) is 5.91 Å². The number of aromatic nitrogens is 2. The van der Waals surface area contributed by atoms with Gasteiger partial charge in [0.1, 0.15) is 12.4 Å². The van der Waals surface area contributed by atoms with Crippen molar-refractivity contribution in [2.45, 2.75) is 6.92 Å². The summed E-state index contributed by atoms with van der Waals surface area (Å²) in [6, 6.07) is 7.86. The normalized spacial score (nSPS) is 15.4. The van der Waals surface area contributed by atoms with Gasteiger partial charge in [-0.25, -0.2) is 0 Å². The van der Waals surface area contributed by atoms with Crippen LogP contribution in [0.5, 0.6) is 5.75 Å². The first-order valence-electron chi connectivity index (χ1n) is 8.44. The third-order valence-corrected chi connectivity index (χ3v) is 4.80. The van der Waals surface area contributed by atoms with Crippen molar-refractivity contribution >= 4 is 17.5 Å². The van der Waals surface area contributed by atoms with E-state index in [9.17, 15) is 4.79 Å². The lowest BCUT2D eigenvalue weighted by molar-refractivity contribution is -0.130. The summed E-state index contributed by atoms with van der Waals surface area (Å²) < 4.78 is 7.78. The predicted octanol–water partition coefficient (Wildman–Crippen LogP) is 2.28. The minimum Gasteiger partial charge on any atom is -0.492 e. The highest BCUT2D eigenvalue weighted by Crippen LogP contribution is 2.34. The summed E-state index contributed by atoms with van der Waals surface area (Å²) in [5, 5.41) is 4.81. The highest BCUT2D eigenvalue weighted by Gasteiger charge is 2.19. The average molecular weight is 363 g/mol. The zero-order valence-electron chi connectivity index (χ0n) is 14.6. The molecule has 1 aliphatic rings. The Morgan fingerprint density at radius 3 is 2.60 bits per heavy atom. The Balaban J connectivity index is 1.59. The van der Waals surface area contributed by atoms with Crippen molar-refractivity contribution in [1.29, 1.82) is 0 Å². The number of carbonyl (C=O) groups is 1. The average Bonchev–Trinajstić information content (AvgIpc) is 2.94. The number of piperazine rings is 1. The van der Waals surface area contributed by atoms with Gasteiger partial charge in [0.25, 0.3) is 0 Å². The number of aryl methyl sites for hydroxylation is 1. The first kappa shape index (κ1) is 17.8. The molecule has 0 aliphatic carbocycles. The zero-order chi connectivity index (χ0) is 17.8. The smallest absolute Gasteiger partial charge is 0.219 e. The van der Waals surface area contributed by atoms with Crippen molar-refractivity contribution in [3.05, 3.63) is 35.5 Å². The van der Waals surface area contributed by atoms with E-state index in [0.717, 1.165) is 49.7 Å². The van der Waals surface area contributed by atoms with Gasteiger partial charge in [0, 0.05) is 52.3 Å². The van der Waals surface area contributed by atoms with Crippen LogP contribution in [0.4, 0.5) is 0 Å². The largest absolute Gasteiger partial charge is 0.492 e. The van der Waals surface area contributed by atoms with Crippen LogP contribution in [0.15, 0.2) is 30.5 Å². The van der Waals surface area contributed by atoms with Crippen LogP contribution in [0, 0.1) is 0 Å². The van der Waals surface area contributed by atoms with E-state index in [4.69, 9.17) is 16.3 Å². The van der Waals surface area contributed by atoms with Crippen molar-refractivity contribution in [2.24, 2.45) is 7.05 Å². The number of carbonyl (C=O) groups excluding carboxylic acids is 1. The van der Waals surface area contributed by atoms with Crippen LogP contribution in [-0.2, 0) is 11.8 Å².